The first kappa shape index (κ1) is 17.0. The second kappa shape index (κ2) is 7.36. The number of nitrogens with zero attached hydrogens (tertiary/aromatic N) is 4. The van der Waals surface area contributed by atoms with E-state index in [1.54, 1.807) is 36.0 Å². The molecule has 0 aliphatic rings. The van der Waals surface area contributed by atoms with Crippen LogP contribution in [0.5, 0.6) is 5.75 Å². The molecule has 3 rings (SSSR count). The minimum Gasteiger partial charge on any atom is -0.497 e. The zero-order valence-corrected chi connectivity index (χ0v) is 14.6. The fourth-order valence-electron chi connectivity index (χ4n) is 2.43. The molecule has 0 radical (unpaired) electrons. The van der Waals surface area contributed by atoms with Gasteiger partial charge in [0.1, 0.15) is 5.75 Å². The largest absolute Gasteiger partial charge is 0.497 e. The molecule has 1 amide bonds. The van der Waals surface area contributed by atoms with E-state index < -0.39 is 0 Å². The molecule has 3 aromatic rings. The van der Waals surface area contributed by atoms with E-state index in [1.165, 1.54) is 12.4 Å². The van der Waals surface area contributed by atoms with Gasteiger partial charge < -0.3 is 9.64 Å². The lowest BCUT2D eigenvalue weighted by Gasteiger charge is -2.16. The predicted octanol–water partition coefficient (Wildman–Crippen LogP) is 3.20. The maximum absolute atomic E-state index is 12.4. The second-order valence-electron chi connectivity index (χ2n) is 5.55. The van der Waals surface area contributed by atoms with Crippen LogP contribution in [0.3, 0.4) is 0 Å². The van der Waals surface area contributed by atoms with Crippen LogP contribution >= 0.6 is 11.6 Å². The number of pyridine rings is 1. The third kappa shape index (κ3) is 3.97. The number of rotatable bonds is 5. The zero-order chi connectivity index (χ0) is 17.8. The van der Waals surface area contributed by atoms with Gasteiger partial charge in [-0.1, -0.05) is 17.7 Å². The summed E-state index contributed by atoms with van der Waals surface area (Å²) < 4.78 is 6.97. The van der Waals surface area contributed by atoms with Gasteiger partial charge in [0.2, 0.25) is 0 Å². The van der Waals surface area contributed by atoms with Crippen LogP contribution in [0.25, 0.3) is 5.69 Å². The number of aromatic nitrogens is 3. The van der Waals surface area contributed by atoms with Crippen molar-refractivity contribution >= 4 is 17.5 Å². The molecular weight excluding hydrogens is 340 g/mol. The Labute approximate surface area is 150 Å². The first-order chi connectivity index (χ1) is 12.1. The van der Waals surface area contributed by atoms with E-state index in [9.17, 15) is 4.79 Å². The SMILES string of the molecule is COc1cccc(-n2cc(CN(C)C(=O)c3cncc(Cl)c3)cn2)c1. The summed E-state index contributed by atoms with van der Waals surface area (Å²) in [6.45, 7) is 0.426. The highest BCUT2D eigenvalue weighted by Gasteiger charge is 2.14. The zero-order valence-electron chi connectivity index (χ0n) is 13.9. The third-order valence-electron chi connectivity index (χ3n) is 3.67. The fraction of sp³-hybridized carbons (Fsp3) is 0.167. The molecule has 0 aliphatic carbocycles. The minimum absolute atomic E-state index is 0.149. The Bertz CT molecular complexity index is 894. The standard InChI is InChI=1S/C18H17ClN4O2/c1-22(18(24)14-6-15(19)10-20-9-14)11-13-8-21-23(12-13)16-4-3-5-17(7-16)25-2/h3-10,12H,11H2,1-2H3. The molecule has 2 heterocycles. The van der Waals surface area contributed by atoms with E-state index in [2.05, 4.69) is 10.1 Å². The lowest BCUT2D eigenvalue weighted by Crippen LogP contribution is -2.26. The molecule has 0 aliphatic heterocycles. The molecule has 7 heteroatoms. The van der Waals surface area contributed by atoms with Crippen LogP contribution in [0.1, 0.15) is 15.9 Å². The Hall–Kier alpha value is -2.86. The lowest BCUT2D eigenvalue weighted by molar-refractivity contribution is 0.0784. The number of halogens is 1. The molecule has 0 N–H and O–H groups in total. The molecule has 0 unspecified atom stereocenters. The van der Waals surface area contributed by atoms with Crippen molar-refractivity contribution in [1.82, 2.24) is 19.7 Å². The normalized spacial score (nSPS) is 10.5. The molecule has 0 bridgehead atoms. The van der Waals surface area contributed by atoms with Gasteiger partial charge in [-0.15, -0.1) is 0 Å². The van der Waals surface area contributed by atoms with Crippen LogP contribution in [0.4, 0.5) is 0 Å². The molecule has 128 valence electrons. The lowest BCUT2D eigenvalue weighted by atomic mass is 10.2. The van der Waals surface area contributed by atoms with Crippen molar-refractivity contribution in [3.63, 3.8) is 0 Å². The van der Waals surface area contributed by atoms with E-state index in [0.717, 1.165) is 17.0 Å². The van der Waals surface area contributed by atoms with Gasteiger partial charge in [0.05, 0.1) is 29.6 Å². The number of hydrogen-bond acceptors (Lipinski definition) is 4. The highest BCUT2D eigenvalue weighted by molar-refractivity contribution is 6.30. The molecule has 25 heavy (non-hydrogen) atoms. The van der Waals surface area contributed by atoms with Crippen molar-refractivity contribution in [2.24, 2.45) is 0 Å². The van der Waals surface area contributed by atoms with E-state index >= 15 is 0 Å². The van der Waals surface area contributed by atoms with Gasteiger partial charge in [0, 0.05) is 43.8 Å². The van der Waals surface area contributed by atoms with Crippen LogP contribution in [0.15, 0.2) is 55.1 Å². The van der Waals surface area contributed by atoms with Gasteiger partial charge in [0.25, 0.3) is 5.91 Å². The van der Waals surface area contributed by atoms with Crippen LogP contribution in [-0.4, -0.2) is 39.7 Å². The predicted molar refractivity (Wildman–Crippen MR) is 95.2 cm³/mol. The fourth-order valence-corrected chi connectivity index (χ4v) is 2.60. The van der Waals surface area contributed by atoms with Gasteiger partial charge in [-0.25, -0.2) is 4.68 Å². The van der Waals surface area contributed by atoms with Crippen molar-refractivity contribution in [3.8, 4) is 11.4 Å². The van der Waals surface area contributed by atoms with Gasteiger partial charge >= 0.3 is 0 Å². The number of ether oxygens (including phenoxy) is 1. The average molecular weight is 357 g/mol. The summed E-state index contributed by atoms with van der Waals surface area (Å²) in [6, 6.07) is 9.21. The molecule has 0 saturated heterocycles. The number of methoxy groups -OCH3 is 1. The van der Waals surface area contributed by atoms with Gasteiger partial charge in [-0.2, -0.15) is 5.10 Å². The summed E-state index contributed by atoms with van der Waals surface area (Å²) in [7, 11) is 3.35. The number of amides is 1. The minimum atomic E-state index is -0.149. The van der Waals surface area contributed by atoms with Crippen molar-refractivity contribution in [2.75, 3.05) is 14.2 Å². The van der Waals surface area contributed by atoms with Gasteiger partial charge in [-0.05, 0) is 18.2 Å². The van der Waals surface area contributed by atoms with Crippen molar-refractivity contribution in [3.05, 3.63) is 71.3 Å². The van der Waals surface area contributed by atoms with E-state index in [4.69, 9.17) is 16.3 Å². The van der Waals surface area contributed by atoms with Gasteiger partial charge in [-0.3, -0.25) is 9.78 Å². The Kier molecular flexibility index (Phi) is 5.00. The van der Waals surface area contributed by atoms with Crippen molar-refractivity contribution < 1.29 is 9.53 Å². The number of carbonyl (C=O) groups is 1. The first-order valence-electron chi connectivity index (χ1n) is 7.61. The van der Waals surface area contributed by atoms with Gasteiger partial charge in [0.15, 0.2) is 0 Å². The number of hydrogen-bond donors (Lipinski definition) is 0. The Balaban J connectivity index is 1.73. The summed E-state index contributed by atoms with van der Waals surface area (Å²) in [4.78, 5) is 18.0. The number of carbonyl (C=O) groups excluding carboxylic acids is 1. The van der Waals surface area contributed by atoms with Crippen LogP contribution < -0.4 is 4.74 Å². The Morgan fingerprint density at radius 2 is 2.12 bits per heavy atom. The second-order valence-corrected chi connectivity index (χ2v) is 5.98. The molecule has 0 spiro atoms. The van der Waals surface area contributed by atoms with Crippen LogP contribution in [-0.2, 0) is 6.54 Å². The summed E-state index contributed by atoms with van der Waals surface area (Å²) in [5.41, 5.74) is 2.25. The highest BCUT2D eigenvalue weighted by Crippen LogP contribution is 2.17. The molecule has 0 atom stereocenters. The maximum Gasteiger partial charge on any atom is 0.255 e. The van der Waals surface area contributed by atoms with Crippen molar-refractivity contribution in [2.45, 2.75) is 6.54 Å². The Morgan fingerprint density at radius 1 is 1.28 bits per heavy atom. The molecule has 6 nitrogen and oxygen atoms in total. The maximum atomic E-state index is 12.4. The summed E-state index contributed by atoms with van der Waals surface area (Å²) in [5.74, 6) is 0.611. The summed E-state index contributed by atoms with van der Waals surface area (Å²) in [5, 5.41) is 4.79. The molecule has 0 saturated carbocycles. The van der Waals surface area contributed by atoms with Crippen molar-refractivity contribution in [1.29, 1.82) is 0 Å². The van der Waals surface area contributed by atoms with Crippen LogP contribution in [0.2, 0.25) is 5.02 Å². The Morgan fingerprint density at radius 3 is 2.88 bits per heavy atom. The quantitative estimate of drug-likeness (QED) is 0.704. The van der Waals surface area contributed by atoms with E-state index in [1.807, 2.05) is 30.5 Å². The topological polar surface area (TPSA) is 60.2 Å². The molecule has 1 aromatic carbocycles. The molecule has 2 aromatic heterocycles. The smallest absolute Gasteiger partial charge is 0.255 e. The number of benzene rings is 1. The highest BCUT2D eigenvalue weighted by atomic mass is 35.5. The third-order valence-corrected chi connectivity index (χ3v) is 3.88. The van der Waals surface area contributed by atoms with E-state index in [0.29, 0.717) is 17.1 Å². The first-order valence-corrected chi connectivity index (χ1v) is 7.98. The molecule has 0 fully saturated rings. The summed E-state index contributed by atoms with van der Waals surface area (Å²) >= 11 is 5.89. The van der Waals surface area contributed by atoms with E-state index in [-0.39, 0.29) is 5.91 Å². The van der Waals surface area contributed by atoms with Crippen LogP contribution in [0, 0.1) is 0 Å². The monoisotopic (exact) mass is 356 g/mol. The summed E-state index contributed by atoms with van der Waals surface area (Å²) in [6.07, 6.45) is 6.62. The average Bonchev–Trinajstić information content (AvgIpc) is 3.09. The molecular formula is C18H17ClN4O2.